The standard InChI is InChI=1S/C19H18O2/c1-3-15-6-4-5-7-16(15)9-10-18(20)13-17-12-14(2)8-11-19(17)21/h1,4-8,11-12,21H,9-10,13H2,2H3. The molecule has 21 heavy (non-hydrogen) atoms. The molecule has 0 spiro atoms. The van der Waals surface area contributed by atoms with E-state index in [1.807, 2.05) is 43.3 Å². The molecule has 0 aliphatic carbocycles. The molecular formula is C19H18O2. The van der Waals surface area contributed by atoms with Gasteiger partial charge in [0.15, 0.2) is 0 Å². The maximum Gasteiger partial charge on any atom is 0.137 e. The zero-order valence-electron chi connectivity index (χ0n) is 12.1. The van der Waals surface area contributed by atoms with Gasteiger partial charge in [-0.3, -0.25) is 4.79 Å². The lowest BCUT2D eigenvalue weighted by Gasteiger charge is -2.07. The fourth-order valence-electron chi connectivity index (χ4n) is 2.31. The van der Waals surface area contributed by atoms with Gasteiger partial charge in [-0.1, -0.05) is 41.8 Å². The van der Waals surface area contributed by atoms with Gasteiger partial charge >= 0.3 is 0 Å². The number of ketones is 1. The van der Waals surface area contributed by atoms with Crippen molar-refractivity contribution in [3.8, 4) is 18.1 Å². The Labute approximate surface area is 125 Å². The van der Waals surface area contributed by atoms with Crippen molar-refractivity contribution in [2.75, 3.05) is 0 Å². The second kappa shape index (κ2) is 6.76. The van der Waals surface area contributed by atoms with Crippen LogP contribution >= 0.6 is 0 Å². The number of rotatable bonds is 5. The minimum Gasteiger partial charge on any atom is -0.508 e. The first-order valence-corrected chi connectivity index (χ1v) is 6.95. The van der Waals surface area contributed by atoms with Crippen molar-refractivity contribution in [1.29, 1.82) is 0 Å². The molecule has 2 aromatic carbocycles. The normalized spacial score (nSPS) is 10.1. The van der Waals surface area contributed by atoms with Crippen molar-refractivity contribution in [3.63, 3.8) is 0 Å². The van der Waals surface area contributed by atoms with Gasteiger partial charge in [0.1, 0.15) is 11.5 Å². The van der Waals surface area contributed by atoms with Crippen molar-refractivity contribution in [3.05, 3.63) is 64.7 Å². The Balaban J connectivity index is 2.00. The largest absolute Gasteiger partial charge is 0.508 e. The predicted octanol–water partition coefficient (Wildman–Crippen LogP) is 3.43. The van der Waals surface area contributed by atoms with Gasteiger partial charge in [-0.2, -0.15) is 0 Å². The maximum atomic E-state index is 12.1. The van der Waals surface area contributed by atoms with Crippen LogP contribution in [0, 0.1) is 19.3 Å². The van der Waals surface area contributed by atoms with E-state index in [0.717, 1.165) is 16.7 Å². The van der Waals surface area contributed by atoms with Crippen LogP contribution in [0.2, 0.25) is 0 Å². The molecule has 2 nitrogen and oxygen atoms in total. The summed E-state index contributed by atoms with van der Waals surface area (Å²) in [5, 5.41) is 9.77. The molecule has 1 N–H and O–H groups in total. The first-order valence-electron chi connectivity index (χ1n) is 6.95. The fourth-order valence-corrected chi connectivity index (χ4v) is 2.31. The Kier molecular flexibility index (Phi) is 4.79. The summed E-state index contributed by atoms with van der Waals surface area (Å²) in [7, 11) is 0. The number of aromatic hydroxyl groups is 1. The fraction of sp³-hybridized carbons (Fsp3) is 0.211. The number of phenols is 1. The molecule has 2 aromatic rings. The first-order chi connectivity index (χ1) is 10.1. The summed E-state index contributed by atoms with van der Waals surface area (Å²) in [6.07, 6.45) is 6.76. The van der Waals surface area contributed by atoms with Crippen molar-refractivity contribution in [1.82, 2.24) is 0 Å². The van der Waals surface area contributed by atoms with Crippen LogP contribution in [-0.4, -0.2) is 10.9 Å². The summed E-state index contributed by atoms with van der Waals surface area (Å²) < 4.78 is 0. The third-order valence-corrected chi connectivity index (χ3v) is 3.47. The minimum absolute atomic E-state index is 0.0997. The van der Waals surface area contributed by atoms with Gasteiger partial charge in [-0.05, 0) is 31.0 Å². The van der Waals surface area contributed by atoms with Crippen molar-refractivity contribution < 1.29 is 9.90 Å². The second-order valence-electron chi connectivity index (χ2n) is 5.15. The van der Waals surface area contributed by atoms with E-state index in [9.17, 15) is 9.90 Å². The van der Waals surface area contributed by atoms with Gasteiger partial charge in [0.05, 0.1) is 0 Å². The number of carbonyl (C=O) groups is 1. The van der Waals surface area contributed by atoms with Crippen LogP contribution in [-0.2, 0) is 17.6 Å². The lowest BCUT2D eigenvalue weighted by molar-refractivity contribution is -0.118. The summed E-state index contributed by atoms with van der Waals surface area (Å²) in [6.45, 7) is 1.94. The van der Waals surface area contributed by atoms with Gasteiger partial charge in [0.2, 0.25) is 0 Å². The van der Waals surface area contributed by atoms with E-state index in [1.165, 1.54) is 0 Å². The van der Waals surface area contributed by atoms with Crippen LogP contribution in [0.25, 0.3) is 0 Å². The monoisotopic (exact) mass is 278 g/mol. The molecular weight excluding hydrogens is 260 g/mol. The topological polar surface area (TPSA) is 37.3 Å². The molecule has 0 bridgehead atoms. The van der Waals surface area contributed by atoms with E-state index in [-0.39, 0.29) is 18.0 Å². The number of hydrogen-bond donors (Lipinski definition) is 1. The van der Waals surface area contributed by atoms with Gasteiger partial charge in [0, 0.05) is 24.0 Å². The summed E-state index contributed by atoms with van der Waals surface area (Å²) in [6, 6.07) is 13.0. The zero-order valence-corrected chi connectivity index (χ0v) is 12.1. The lowest BCUT2D eigenvalue weighted by atomic mass is 9.98. The van der Waals surface area contributed by atoms with Crippen LogP contribution in [0.3, 0.4) is 0 Å². The smallest absolute Gasteiger partial charge is 0.137 e. The van der Waals surface area contributed by atoms with Gasteiger partial charge in [-0.15, -0.1) is 6.42 Å². The van der Waals surface area contributed by atoms with Crippen LogP contribution in [0.5, 0.6) is 5.75 Å². The van der Waals surface area contributed by atoms with E-state index < -0.39 is 0 Å². The summed E-state index contributed by atoms with van der Waals surface area (Å²) in [5.41, 5.74) is 3.57. The molecule has 106 valence electrons. The molecule has 0 heterocycles. The number of carbonyl (C=O) groups excluding carboxylic acids is 1. The predicted molar refractivity (Wildman–Crippen MR) is 84.3 cm³/mol. The van der Waals surface area contributed by atoms with Crippen LogP contribution in [0.15, 0.2) is 42.5 Å². The molecule has 0 fully saturated rings. The number of aryl methyl sites for hydroxylation is 2. The number of Topliss-reactive ketones (excluding diaryl/α,β-unsaturated/α-hetero) is 1. The highest BCUT2D eigenvalue weighted by molar-refractivity contribution is 5.81. The summed E-state index contributed by atoms with van der Waals surface area (Å²) in [4.78, 5) is 12.1. The van der Waals surface area contributed by atoms with E-state index in [0.29, 0.717) is 18.4 Å². The molecule has 0 unspecified atom stereocenters. The van der Waals surface area contributed by atoms with Gasteiger partial charge in [0.25, 0.3) is 0 Å². The van der Waals surface area contributed by atoms with Crippen LogP contribution in [0.4, 0.5) is 0 Å². The molecule has 0 aromatic heterocycles. The average Bonchev–Trinajstić information content (AvgIpc) is 2.49. The molecule has 2 heteroatoms. The molecule has 0 radical (unpaired) electrons. The number of phenolic OH excluding ortho intramolecular Hbond substituents is 1. The third-order valence-electron chi connectivity index (χ3n) is 3.47. The van der Waals surface area contributed by atoms with Crippen molar-refractivity contribution in [2.45, 2.75) is 26.2 Å². The molecule has 2 rings (SSSR count). The van der Waals surface area contributed by atoms with E-state index >= 15 is 0 Å². The van der Waals surface area contributed by atoms with E-state index in [2.05, 4.69) is 5.92 Å². The Morgan fingerprint density at radius 3 is 2.71 bits per heavy atom. The van der Waals surface area contributed by atoms with E-state index in [4.69, 9.17) is 6.42 Å². The highest BCUT2D eigenvalue weighted by atomic mass is 16.3. The van der Waals surface area contributed by atoms with Crippen LogP contribution in [0.1, 0.15) is 28.7 Å². The maximum absolute atomic E-state index is 12.1. The SMILES string of the molecule is C#Cc1ccccc1CCC(=O)Cc1cc(C)ccc1O. The quantitative estimate of drug-likeness (QED) is 0.851. The van der Waals surface area contributed by atoms with Crippen molar-refractivity contribution >= 4 is 5.78 Å². The Hall–Kier alpha value is -2.53. The first kappa shape index (κ1) is 14.9. The summed E-state index contributed by atoms with van der Waals surface area (Å²) in [5.74, 6) is 2.91. The summed E-state index contributed by atoms with van der Waals surface area (Å²) >= 11 is 0. The molecule has 0 saturated heterocycles. The highest BCUT2D eigenvalue weighted by Crippen LogP contribution is 2.20. The second-order valence-corrected chi connectivity index (χ2v) is 5.15. The molecule has 0 saturated carbocycles. The molecule has 0 atom stereocenters. The molecule has 0 aliphatic heterocycles. The number of benzene rings is 2. The highest BCUT2D eigenvalue weighted by Gasteiger charge is 2.09. The Morgan fingerprint density at radius 2 is 1.95 bits per heavy atom. The van der Waals surface area contributed by atoms with Crippen LogP contribution < -0.4 is 0 Å². The zero-order chi connectivity index (χ0) is 15.2. The average molecular weight is 278 g/mol. The van der Waals surface area contributed by atoms with E-state index in [1.54, 1.807) is 6.07 Å². The number of hydrogen-bond acceptors (Lipinski definition) is 2. The number of terminal acetylenes is 1. The molecule has 0 amide bonds. The minimum atomic E-state index is 0.0997. The van der Waals surface area contributed by atoms with Gasteiger partial charge < -0.3 is 5.11 Å². The van der Waals surface area contributed by atoms with Crippen molar-refractivity contribution in [2.24, 2.45) is 0 Å². The third kappa shape index (κ3) is 3.97. The van der Waals surface area contributed by atoms with Gasteiger partial charge in [-0.25, -0.2) is 0 Å². The Bertz CT molecular complexity index is 693. The molecule has 0 aliphatic rings. The lowest BCUT2D eigenvalue weighted by Crippen LogP contribution is -2.05. The Morgan fingerprint density at radius 1 is 1.19 bits per heavy atom.